The number of nitrogens with one attached hydrogen (secondary N) is 3. The molecule has 0 aromatic heterocycles. The van der Waals surface area contributed by atoms with Gasteiger partial charge in [0.1, 0.15) is 42.4 Å². The first-order chi connectivity index (χ1) is 19.9. The average Bonchev–Trinajstić information content (AvgIpc) is 2.91. The minimum Gasteiger partial charge on any atom is -0.468 e. The molecule has 0 aromatic carbocycles. The third kappa shape index (κ3) is 10.6. The first kappa shape index (κ1) is 34.5. The van der Waals surface area contributed by atoms with Crippen molar-refractivity contribution in [3.63, 3.8) is 0 Å². The quantitative estimate of drug-likeness (QED) is 0.143. The molecule has 42 heavy (non-hydrogen) atoms. The number of aliphatic hydroxyl groups is 3. The predicted molar refractivity (Wildman–Crippen MR) is 151 cm³/mol. The smallest absolute Gasteiger partial charge is 0.407 e. The van der Waals surface area contributed by atoms with Crippen LogP contribution in [-0.2, 0) is 28.5 Å². The summed E-state index contributed by atoms with van der Waals surface area (Å²) in [5.41, 5.74) is 4.78. The van der Waals surface area contributed by atoms with Gasteiger partial charge in [-0.05, 0) is 71.5 Å². The van der Waals surface area contributed by atoms with Gasteiger partial charge in [-0.2, -0.15) is 0 Å². The van der Waals surface area contributed by atoms with Crippen molar-refractivity contribution in [3.8, 4) is 0 Å². The maximum atomic E-state index is 12.8. The molecule has 0 unspecified atom stereocenters. The fourth-order valence-electron chi connectivity index (χ4n) is 5.28. The van der Waals surface area contributed by atoms with Crippen LogP contribution in [0.3, 0.4) is 0 Å². The molecule has 9 atom stereocenters. The fourth-order valence-corrected chi connectivity index (χ4v) is 5.28. The first-order valence-corrected chi connectivity index (χ1v) is 14.8. The van der Waals surface area contributed by atoms with E-state index in [1.54, 1.807) is 20.8 Å². The summed E-state index contributed by atoms with van der Waals surface area (Å²) in [5.74, 6) is 0.122. The van der Waals surface area contributed by atoms with Crippen LogP contribution in [0.5, 0.6) is 0 Å². The van der Waals surface area contributed by atoms with Gasteiger partial charge in [0.15, 0.2) is 12.6 Å². The van der Waals surface area contributed by atoms with Crippen molar-refractivity contribution in [1.29, 1.82) is 0 Å². The van der Waals surface area contributed by atoms with Crippen LogP contribution in [-0.4, -0.2) is 115 Å². The number of hydrogen-bond acceptors (Lipinski definition) is 12. The molecule has 8 N–H and O–H groups in total. The van der Waals surface area contributed by atoms with E-state index in [4.69, 9.17) is 29.4 Å². The van der Waals surface area contributed by atoms with E-state index in [1.165, 1.54) is 0 Å². The summed E-state index contributed by atoms with van der Waals surface area (Å²) >= 11 is 0. The lowest BCUT2D eigenvalue weighted by Gasteiger charge is -2.47. The van der Waals surface area contributed by atoms with Crippen LogP contribution in [0.1, 0.15) is 59.8 Å². The molecular weight excluding hydrogens is 552 g/mol. The van der Waals surface area contributed by atoms with E-state index in [9.17, 15) is 24.9 Å². The Hall–Kier alpha value is -2.04. The zero-order valence-electron chi connectivity index (χ0n) is 25.1. The molecule has 3 aliphatic rings. The lowest BCUT2D eigenvalue weighted by Crippen LogP contribution is -2.67. The molecule has 3 rings (SSSR count). The largest absolute Gasteiger partial charge is 0.468 e. The standard InChI is InChI=1S/C28H50N4O10/c1-16-11-20(34)26(38-15-16)41-25-18(31-21(35)14-33)12-19(32-27(37)42-28(2,3)4)24(23(25)36)40-22-8-5-7-17(39-22)13-30-10-6-9-29/h7,16,18-20,22-26,30,33-34,36H,5-6,8-15,29H2,1-4H3,(H,31,35)(H,32,37)/t16-,18+,19-,20+,22+,23-,24+,25-,26+/m0/s1. The van der Waals surface area contributed by atoms with Gasteiger partial charge in [-0.3, -0.25) is 4.79 Å². The first-order valence-electron chi connectivity index (χ1n) is 14.8. The maximum absolute atomic E-state index is 12.8. The lowest BCUT2D eigenvalue weighted by molar-refractivity contribution is -0.283. The number of hydrogen-bond donors (Lipinski definition) is 7. The zero-order valence-corrected chi connectivity index (χ0v) is 25.1. The van der Waals surface area contributed by atoms with Crippen molar-refractivity contribution >= 4 is 12.0 Å². The Bertz CT molecular complexity index is 900. The van der Waals surface area contributed by atoms with Crippen LogP contribution in [0.4, 0.5) is 4.79 Å². The van der Waals surface area contributed by atoms with Crippen LogP contribution in [0.2, 0.25) is 0 Å². The van der Waals surface area contributed by atoms with Gasteiger partial charge in [-0.1, -0.05) is 6.92 Å². The summed E-state index contributed by atoms with van der Waals surface area (Å²) in [6, 6.07) is -1.71. The Balaban J connectivity index is 1.81. The minimum absolute atomic E-state index is 0.0622. The number of carbonyl (C=O) groups excluding carboxylic acids is 2. The summed E-state index contributed by atoms with van der Waals surface area (Å²) in [6.07, 6.45) is -2.52. The number of nitrogens with two attached hydrogens (primary N) is 1. The molecule has 0 spiro atoms. The van der Waals surface area contributed by atoms with Gasteiger partial charge in [0.2, 0.25) is 5.91 Å². The van der Waals surface area contributed by atoms with Gasteiger partial charge < -0.3 is 60.7 Å². The predicted octanol–water partition coefficient (Wildman–Crippen LogP) is -0.406. The third-order valence-corrected chi connectivity index (χ3v) is 7.18. The number of alkyl carbamates (subject to hydrolysis) is 1. The van der Waals surface area contributed by atoms with E-state index in [0.717, 1.165) is 13.0 Å². The van der Waals surface area contributed by atoms with Gasteiger partial charge in [0.25, 0.3) is 0 Å². The molecule has 2 aliphatic heterocycles. The Kier molecular flexibility index (Phi) is 13.2. The molecule has 0 radical (unpaired) electrons. The topological polar surface area (TPSA) is 203 Å². The van der Waals surface area contributed by atoms with Gasteiger partial charge in [0.05, 0.1) is 25.2 Å². The van der Waals surface area contributed by atoms with E-state index in [2.05, 4.69) is 16.0 Å². The van der Waals surface area contributed by atoms with Crippen molar-refractivity contribution in [2.75, 3.05) is 32.8 Å². The van der Waals surface area contributed by atoms with Crippen LogP contribution in [0, 0.1) is 5.92 Å². The SMILES string of the molecule is C[C@@H]1CO[C@H](O[C@@H]2[C@@H](O)[C@H](O[C@@H]3CCC=C(CNCCCN)O3)[C@@H](NC(=O)OC(C)(C)C)C[C@H]2NC(=O)CO)[C@H](O)C1. The fraction of sp³-hybridized carbons (Fsp3) is 0.857. The summed E-state index contributed by atoms with van der Waals surface area (Å²) in [5, 5.41) is 40.4. The van der Waals surface area contributed by atoms with Gasteiger partial charge >= 0.3 is 6.09 Å². The van der Waals surface area contributed by atoms with Gasteiger partial charge in [-0.15, -0.1) is 0 Å². The Morgan fingerprint density at radius 1 is 1.12 bits per heavy atom. The van der Waals surface area contributed by atoms with Crippen LogP contribution in [0.15, 0.2) is 11.8 Å². The number of amides is 2. The van der Waals surface area contributed by atoms with E-state index in [0.29, 0.717) is 44.7 Å². The van der Waals surface area contributed by atoms with E-state index >= 15 is 0 Å². The summed E-state index contributed by atoms with van der Waals surface area (Å²) in [4.78, 5) is 25.1. The molecule has 1 aliphatic carbocycles. The maximum Gasteiger partial charge on any atom is 0.407 e. The molecule has 14 heteroatoms. The van der Waals surface area contributed by atoms with Gasteiger partial charge in [-0.25, -0.2) is 4.79 Å². The van der Waals surface area contributed by atoms with Crippen molar-refractivity contribution in [2.24, 2.45) is 11.7 Å². The van der Waals surface area contributed by atoms with Crippen molar-refractivity contribution in [1.82, 2.24) is 16.0 Å². The normalized spacial score (nSPS) is 33.7. The summed E-state index contributed by atoms with van der Waals surface area (Å²) in [6.45, 7) is 8.50. The second kappa shape index (κ2) is 16.1. The molecule has 2 fully saturated rings. The van der Waals surface area contributed by atoms with Crippen LogP contribution < -0.4 is 21.7 Å². The van der Waals surface area contributed by atoms with Gasteiger partial charge in [0, 0.05) is 6.42 Å². The molecule has 1 saturated heterocycles. The molecular formula is C28H50N4O10. The summed E-state index contributed by atoms with van der Waals surface area (Å²) in [7, 11) is 0. The zero-order chi connectivity index (χ0) is 30.9. The minimum atomic E-state index is -1.40. The second-order valence-corrected chi connectivity index (χ2v) is 12.2. The molecule has 0 aromatic rings. The number of allylic oxidation sites excluding steroid dienone is 1. The van der Waals surface area contributed by atoms with Crippen molar-refractivity contribution in [3.05, 3.63) is 11.8 Å². The molecule has 14 nitrogen and oxygen atoms in total. The van der Waals surface area contributed by atoms with E-state index in [1.807, 2.05) is 13.0 Å². The summed E-state index contributed by atoms with van der Waals surface area (Å²) < 4.78 is 29.6. The molecule has 2 amide bonds. The number of rotatable bonds is 12. The average molecular weight is 603 g/mol. The highest BCUT2D eigenvalue weighted by Crippen LogP contribution is 2.32. The van der Waals surface area contributed by atoms with Crippen LogP contribution in [0.25, 0.3) is 0 Å². The molecule has 242 valence electrons. The highest BCUT2D eigenvalue weighted by atomic mass is 16.7. The number of aliphatic hydroxyl groups excluding tert-OH is 3. The Morgan fingerprint density at radius 3 is 2.50 bits per heavy atom. The van der Waals surface area contributed by atoms with Crippen LogP contribution >= 0.6 is 0 Å². The number of ether oxygens (including phenoxy) is 5. The monoisotopic (exact) mass is 602 g/mol. The van der Waals surface area contributed by atoms with Crippen molar-refractivity contribution < 1.29 is 48.6 Å². The highest BCUT2D eigenvalue weighted by Gasteiger charge is 2.50. The van der Waals surface area contributed by atoms with Crippen molar-refractivity contribution in [2.45, 2.75) is 114 Å². The number of carbonyl (C=O) groups is 2. The lowest BCUT2D eigenvalue weighted by atomic mass is 9.83. The highest BCUT2D eigenvalue weighted by molar-refractivity contribution is 5.77. The molecule has 0 bridgehead atoms. The molecule has 2 heterocycles. The third-order valence-electron chi connectivity index (χ3n) is 7.18. The van der Waals surface area contributed by atoms with E-state index in [-0.39, 0.29) is 12.3 Å². The van der Waals surface area contributed by atoms with E-state index < -0.39 is 73.3 Å². The molecule has 1 saturated carbocycles. The Labute approximate surface area is 247 Å². The Morgan fingerprint density at radius 2 is 1.83 bits per heavy atom. The second-order valence-electron chi connectivity index (χ2n) is 12.2.